The van der Waals surface area contributed by atoms with Crippen molar-refractivity contribution in [2.75, 3.05) is 0 Å². The van der Waals surface area contributed by atoms with Crippen LogP contribution < -0.4 is 0 Å². The highest BCUT2D eigenvalue weighted by Gasteiger charge is 2.22. The van der Waals surface area contributed by atoms with Gasteiger partial charge in [-0.2, -0.15) is 0 Å². The summed E-state index contributed by atoms with van der Waals surface area (Å²) in [5, 5.41) is 5.86. The molecule has 0 N–H and O–H groups in total. The Hall–Kier alpha value is -6.91. The Morgan fingerprint density at radius 2 is 0.961 bits per heavy atom. The molecule has 7 aromatic carbocycles. The summed E-state index contributed by atoms with van der Waals surface area (Å²) in [6.45, 7) is 0. The van der Waals surface area contributed by atoms with Gasteiger partial charge < -0.3 is 4.57 Å². The molecule has 3 aromatic heterocycles. The fraction of sp³-hybridized carbons (Fsp3) is 0. The van der Waals surface area contributed by atoms with Gasteiger partial charge in [-0.3, -0.25) is 0 Å². The van der Waals surface area contributed by atoms with Crippen LogP contribution in [0.3, 0.4) is 0 Å². The summed E-state index contributed by atoms with van der Waals surface area (Å²) >= 11 is 0. The minimum Gasteiger partial charge on any atom is -0.308 e. The predicted molar refractivity (Wildman–Crippen MR) is 211 cm³/mol. The van der Waals surface area contributed by atoms with Crippen LogP contribution in [-0.2, 0) is 0 Å². The fourth-order valence-corrected chi connectivity index (χ4v) is 7.42. The van der Waals surface area contributed by atoms with Crippen LogP contribution in [-0.4, -0.2) is 19.5 Å². The second kappa shape index (κ2) is 11.9. The van der Waals surface area contributed by atoms with E-state index in [1.807, 2.05) is 36.4 Å². The number of nitrogens with zero attached hydrogens (tertiary/aromatic N) is 4. The second-order valence-corrected chi connectivity index (χ2v) is 12.8. The molecule has 0 saturated heterocycles. The number of fused-ring (bicyclic) bond motifs is 7. The molecule has 0 aliphatic carbocycles. The third-order valence-electron chi connectivity index (χ3n) is 9.78. The van der Waals surface area contributed by atoms with Crippen molar-refractivity contribution in [1.29, 1.82) is 0 Å². The summed E-state index contributed by atoms with van der Waals surface area (Å²) in [4.78, 5) is 15.5. The minimum absolute atomic E-state index is 0.706. The second-order valence-electron chi connectivity index (χ2n) is 12.8. The molecule has 0 bridgehead atoms. The summed E-state index contributed by atoms with van der Waals surface area (Å²) in [6, 6.07) is 63.6. The van der Waals surface area contributed by atoms with Crippen LogP contribution in [0.15, 0.2) is 182 Å². The van der Waals surface area contributed by atoms with Crippen LogP contribution in [0.25, 0.3) is 94.3 Å². The molecular formula is C47H30N4. The summed E-state index contributed by atoms with van der Waals surface area (Å²) in [6.07, 6.45) is 0. The van der Waals surface area contributed by atoms with E-state index in [-0.39, 0.29) is 0 Å². The van der Waals surface area contributed by atoms with Crippen LogP contribution in [0.2, 0.25) is 0 Å². The van der Waals surface area contributed by atoms with Crippen molar-refractivity contribution in [2.45, 2.75) is 0 Å². The summed E-state index contributed by atoms with van der Waals surface area (Å²) in [5.41, 5.74) is 11.3. The SMILES string of the molecule is c1ccc(-c2cc(-c3ccc(-n4c5ccccc5c5c(-c6ccccc6)nc6ccc7ccccc7c6c54)cc3)nc(-c3ccccc3)n2)cc1. The first kappa shape index (κ1) is 29.0. The largest absolute Gasteiger partial charge is 0.308 e. The third kappa shape index (κ3) is 4.88. The number of benzene rings is 7. The number of rotatable bonds is 5. The lowest BCUT2D eigenvalue weighted by molar-refractivity contribution is 1.17. The first-order valence-corrected chi connectivity index (χ1v) is 17.2. The highest BCUT2D eigenvalue weighted by molar-refractivity contribution is 6.27. The maximum Gasteiger partial charge on any atom is 0.160 e. The number of hydrogen-bond acceptors (Lipinski definition) is 3. The molecule has 0 fully saturated rings. The average molecular weight is 651 g/mol. The minimum atomic E-state index is 0.706. The smallest absolute Gasteiger partial charge is 0.160 e. The van der Waals surface area contributed by atoms with E-state index in [1.165, 1.54) is 16.2 Å². The zero-order valence-electron chi connectivity index (χ0n) is 27.6. The van der Waals surface area contributed by atoms with Gasteiger partial charge in [-0.25, -0.2) is 15.0 Å². The molecule has 0 radical (unpaired) electrons. The van der Waals surface area contributed by atoms with Gasteiger partial charge in [-0.05, 0) is 41.1 Å². The van der Waals surface area contributed by atoms with E-state index >= 15 is 0 Å². The maximum atomic E-state index is 5.37. The van der Waals surface area contributed by atoms with Gasteiger partial charge in [0.2, 0.25) is 0 Å². The highest BCUT2D eigenvalue weighted by atomic mass is 15.0. The normalized spacial score (nSPS) is 11.5. The zero-order chi connectivity index (χ0) is 33.7. The van der Waals surface area contributed by atoms with Gasteiger partial charge >= 0.3 is 0 Å². The molecule has 3 heterocycles. The lowest BCUT2D eigenvalue weighted by Crippen LogP contribution is -1.98. The van der Waals surface area contributed by atoms with Crippen molar-refractivity contribution in [3.05, 3.63) is 182 Å². The van der Waals surface area contributed by atoms with Crippen LogP contribution >= 0.6 is 0 Å². The third-order valence-corrected chi connectivity index (χ3v) is 9.78. The molecule has 0 unspecified atom stereocenters. The van der Waals surface area contributed by atoms with E-state index in [9.17, 15) is 0 Å². The topological polar surface area (TPSA) is 43.6 Å². The van der Waals surface area contributed by atoms with Crippen LogP contribution in [0, 0.1) is 0 Å². The maximum absolute atomic E-state index is 5.37. The Bertz CT molecular complexity index is 2820. The molecule has 0 saturated carbocycles. The van der Waals surface area contributed by atoms with Crippen molar-refractivity contribution in [1.82, 2.24) is 19.5 Å². The van der Waals surface area contributed by atoms with Gasteiger partial charge in [-0.15, -0.1) is 0 Å². The lowest BCUT2D eigenvalue weighted by atomic mass is 9.99. The van der Waals surface area contributed by atoms with Crippen molar-refractivity contribution in [2.24, 2.45) is 0 Å². The molecule has 4 heteroatoms. The van der Waals surface area contributed by atoms with Gasteiger partial charge in [0, 0.05) is 44.1 Å². The van der Waals surface area contributed by atoms with Gasteiger partial charge in [0.15, 0.2) is 5.82 Å². The van der Waals surface area contributed by atoms with Crippen LogP contribution in [0.5, 0.6) is 0 Å². The molecular weight excluding hydrogens is 621 g/mol. The van der Waals surface area contributed by atoms with Crippen LogP contribution in [0.1, 0.15) is 0 Å². The fourth-order valence-electron chi connectivity index (χ4n) is 7.42. The van der Waals surface area contributed by atoms with E-state index in [2.05, 4.69) is 150 Å². The number of hydrogen-bond donors (Lipinski definition) is 0. The number of para-hydroxylation sites is 1. The van der Waals surface area contributed by atoms with Crippen molar-refractivity contribution in [3.63, 3.8) is 0 Å². The number of pyridine rings is 1. The first-order valence-electron chi connectivity index (χ1n) is 17.2. The Kier molecular flexibility index (Phi) is 6.78. The van der Waals surface area contributed by atoms with Gasteiger partial charge in [0.25, 0.3) is 0 Å². The Labute approximate surface area is 295 Å². The van der Waals surface area contributed by atoms with E-state index in [4.69, 9.17) is 15.0 Å². The van der Waals surface area contributed by atoms with Gasteiger partial charge in [-0.1, -0.05) is 152 Å². The van der Waals surface area contributed by atoms with Gasteiger partial charge in [0.05, 0.1) is 33.6 Å². The van der Waals surface area contributed by atoms with E-state index < -0.39 is 0 Å². The molecule has 0 aliphatic rings. The average Bonchev–Trinajstić information content (AvgIpc) is 3.56. The van der Waals surface area contributed by atoms with E-state index in [0.717, 1.165) is 72.3 Å². The zero-order valence-corrected chi connectivity index (χ0v) is 27.6. The standard InChI is InChI=1S/C47H30N4/c1-4-15-32(16-5-1)40-30-41(50-47(49-40)35-19-8-3-9-20-35)33-24-27-36(28-25-33)51-42-23-13-12-22-38(42)44-45(34-17-6-2-7-18-34)48-39-29-26-31-14-10-11-21-37(31)43(39)46(44)51/h1-30H. The first-order chi connectivity index (χ1) is 25.3. The monoisotopic (exact) mass is 650 g/mol. The number of aromatic nitrogens is 4. The lowest BCUT2D eigenvalue weighted by Gasteiger charge is -2.14. The Morgan fingerprint density at radius 1 is 0.392 bits per heavy atom. The summed E-state index contributed by atoms with van der Waals surface area (Å²) in [5.74, 6) is 0.706. The quantitative estimate of drug-likeness (QED) is 0.174. The molecule has 10 aromatic rings. The molecule has 0 spiro atoms. The van der Waals surface area contributed by atoms with Gasteiger partial charge in [0.1, 0.15) is 0 Å². The molecule has 0 amide bonds. The molecule has 51 heavy (non-hydrogen) atoms. The van der Waals surface area contributed by atoms with Crippen molar-refractivity contribution in [3.8, 4) is 50.8 Å². The van der Waals surface area contributed by atoms with E-state index in [0.29, 0.717) is 5.82 Å². The molecule has 238 valence electrons. The molecule has 0 atom stereocenters. The van der Waals surface area contributed by atoms with Crippen molar-refractivity contribution < 1.29 is 0 Å². The molecule has 0 aliphatic heterocycles. The molecule has 4 nitrogen and oxygen atoms in total. The summed E-state index contributed by atoms with van der Waals surface area (Å²) < 4.78 is 2.42. The summed E-state index contributed by atoms with van der Waals surface area (Å²) in [7, 11) is 0. The Morgan fingerprint density at radius 3 is 1.67 bits per heavy atom. The Balaban J connectivity index is 1.23. The van der Waals surface area contributed by atoms with Crippen molar-refractivity contribution >= 4 is 43.5 Å². The van der Waals surface area contributed by atoms with E-state index in [1.54, 1.807) is 0 Å². The highest BCUT2D eigenvalue weighted by Crippen LogP contribution is 2.43. The van der Waals surface area contributed by atoms with Crippen LogP contribution in [0.4, 0.5) is 0 Å². The predicted octanol–water partition coefficient (Wildman–Crippen LogP) is 11.9. The molecule has 10 rings (SSSR count).